The molecule has 0 saturated carbocycles. The number of para-hydroxylation sites is 1. The highest BCUT2D eigenvalue weighted by Gasteiger charge is 2.51. The Kier molecular flexibility index (Phi) is 7.11. The lowest BCUT2D eigenvalue weighted by Crippen LogP contribution is -2.25. The molecular weight excluding hydrogens is 807 g/mol. The summed E-state index contributed by atoms with van der Waals surface area (Å²) < 4.78 is 13.3. The topological polar surface area (TPSA) is 37.9 Å². The van der Waals surface area contributed by atoms with Crippen LogP contribution in [-0.2, 0) is 5.41 Å². The van der Waals surface area contributed by atoms with Crippen LogP contribution in [0.25, 0.3) is 55.3 Å². The molecule has 12 rings (SSSR count). The van der Waals surface area contributed by atoms with Crippen LogP contribution in [-0.4, -0.2) is 17.7 Å². The lowest BCUT2D eigenvalue weighted by atomic mass is 9.70. The van der Waals surface area contributed by atoms with Gasteiger partial charge in [-0.2, -0.15) is 0 Å². The first-order valence-electron chi connectivity index (χ1n) is 19.2. The van der Waals surface area contributed by atoms with E-state index >= 15 is 0 Å². The molecule has 0 N–H and O–H groups in total. The van der Waals surface area contributed by atoms with Crippen LogP contribution in [0.1, 0.15) is 38.9 Å². The van der Waals surface area contributed by atoms with Gasteiger partial charge in [-0.15, -0.1) is 0 Å². The molecule has 8 aromatic carbocycles. The second kappa shape index (κ2) is 12.4. The van der Waals surface area contributed by atoms with Gasteiger partial charge >= 0.3 is 0 Å². The molecule has 0 saturated heterocycles. The van der Waals surface area contributed by atoms with E-state index in [1.807, 2.05) is 24.3 Å². The molecule has 57 heavy (non-hydrogen) atoms. The fourth-order valence-electron chi connectivity index (χ4n) is 9.62. The van der Waals surface area contributed by atoms with Gasteiger partial charge in [0.2, 0.25) is 0 Å². The van der Waals surface area contributed by atoms with Crippen molar-refractivity contribution in [1.82, 2.24) is 0 Å². The summed E-state index contributed by atoms with van der Waals surface area (Å²) >= 11 is -2.39. The van der Waals surface area contributed by atoms with Crippen LogP contribution in [0.4, 0.5) is 0 Å². The third-order valence-corrected chi connectivity index (χ3v) is 16.1. The summed E-state index contributed by atoms with van der Waals surface area (Å²) in [6, 6.07) is 67.8. The summed E-state index contributed by atoms with van der Waals surface area (Å²) in [5.74, 6) is 0.691. The molecule has 268 valence electrons. The predicted octanol–water partition coefficient (Wildman–Crippen LogP) is 12.9. The first-order valence-corrected chi connectivity index (χ1v) is 22.9. The Labute approximate surface area is 336 Å². The second-order valence-corrected chi connectivity index (χ2v) is 18.9. The minimum atomic E-state index is -2.39. The summed E-state index contributed by atoms with van der Waals surface area (Å²) in [7, 11) is 0. The molecule has 4 heteroatoms. The van der Waals surface area contributed by atoms with Gasteiger partial charge in [-0.1, -0.05) is 193 Å². The van der Waals surface area contributed by atoms with Crippen molar-refractivity contribution < 1.29 is 4.42 Å². The highest BCUT2D eigenvalue weighted by atomic mass is 127. The molecule has 0 bridgehead atoms. The number of halogens is 1. The summed E-state index contributed by atoms with van der Waals surface area (Å²) in [4.78, 5) is 10.9. The first-order chi connectivity index (χ1) is 28.2. The van der Waals surface area contributed by atoms with Crippen LogP contribution in [0, 0.1) is 0 Å². The minimum absolute atomic E-state index is 0.375. The second-order valence-electron chi connectivity index (χ2n) is 14.8. The number of nitrogens with zero attached hydrogens (tertiary/aromatic N) is 2. The van der Waals surface area contributed by atoms with E-state index in [1.54, 1.807) is 0 Å². The molecule has 1 spiro atoms. The van der Waals surface area contributed by atoms with Crippen molar-refractivity contribution in [2.75, 3.05) is 0 Å². The van der Waals surface area contributed by atoms with E-state index in [2.05, 4.69) is 164 Å². The smallest absolute Gasteiger partial charge is 0.162 e. The van der Waals surface area contributed by atoms with Crippen LogP contribution in [0.5, 0.6) is 0 Å². The quantitative estimate of drug-likeness (QED) is 0.163. The molecular formula is C53H33IN2O. The zero-order valence-corrected chi connectivity index (χ0v) is 32.9. The van der Waals surface area contributed by atoms with Crippen molar-refractivity contribution in [3.05, 3.63) is 227 Å². The standard InChI is InChI=1S/C53H33IN2O/c1-54-50(33-16-3-2-4-17-33)55-52(41-24-15-29-48-49(41)40-23-10-14-28-47(40)57-48)56-51(54)39-22-6-5-18-35(39)34-30-31-46-42(32-34)38-21-9-13-27-45(38)53(46)43-25-11-7-19-36(43)37-20-8-12-26-44(37)53/h2-32H,1H2. The predicted molar refractivity (Wildman–Crippen MR) is 247 cm³/mol. The van der Waals surface area contributed by atoms with E-state index in [4.69, 9.17) is 18.9 Å². The Balaban J connectivity index is 1.07. The van der Waals surface area contributed by atoms with Crippen molar-refractivity contribution in [3.8, 4) is 33.4 Å². The Morgan fingerprint density at radius 1 is 0.421 bits per heavy atom. The van der Waals surface area contributed by atoms with Crippen molar-refractivity contribution in [1.29, 1.82) is 0 Å². The van der Waals surface area contributed by atoms with E-state index in [1.165, 1.54) is 44.5 Å². The van der Waals surface area contributed by atoms with Crippen molar-refractivity contribution in [2.45, 2.75) is 5.41 Å². The number of hydrogen-bond acceptors (Lipinski definition) is 3. The van der Waals surface area contributed by atoms with Gasteiger partial charge in [-0.3, -0.25) is 0 Å². The third-order valence-electron chi connectivity index (χ3n) is 12.0. The SMILES string of the molecule is C=I1=C(c2ccccc2)N=C(c2cccc3oc4ccccc4c23)N=C1c1ccccc1-c1ccc2c(c1)-c1ccccc1C21c2ccccc2-c2ccccc21. The average molecular weight is 841 g/mol. The van der Waals surface area contributed by atoms with Crippen molar-refractivity contribution in [3.63, 3.8) is 0 Å². The molecule has 0 fully saturated rings. The molecule has 0 unspecified atom stereocenters. The molecule has 3 aliphatic rings. The fourth-order valence-corrected chi connectivity index (χ4v) is 13.4. The Hall–Kier alpha value is -6.63. The first kappa shape index (κ1) is 32.6. The molecule has 2 heterocycles. The Bertz CT molecular complexity index is 3280. The molecule has 3 nitrogen and oxygen atoms in total. The molecule has 1 aliphatic heterocycles. The number of aliphatic imine (C=N–C) groups is 2. The Morgan fingerprint density at radius 2 is 0.965 bits per heavy atom. The molecule has 1 aromatic heterocycles. The molecule has 9 aromatic rings. The Morgan fingerprint density at radius 3 is 1.68 bits per heavy atom. The molecule has 0 atom stereocenters. The van der Waals surface area contributed by atoms with Gasteiger partial charge in [0.1, 0.15) is 18.5 Å². The van der Waals surface area contributed by atoms with Crippen molar-refractivity contribution in [2.24, 2.45) is 9.98 Å². The molecule has 0 radical (unpaired) electrons. The lowest BCUT2D eigenvalue weighted by Gasteiger charge is -2.30. The van der Waals surface area contributed by atoms with E-state index in [0.717, 1.165) is 57.1 Å². The lowest BCUT2D eigenvalue weighted by molar-refractivity contribution is 0.669. The van der Waals surface area contributed by atoms with Crippen LogP contribution in [0.15, 0.2) is 202 Å². The van der Waals surface area contributed by atoms with E-state index < -0.39 is 18.9 Å². The highest BCUT2D eigenvalue weighted by molar-refractivity contribution is 14.2. The summed E-state index contributed by atoms with van der Waals surface area (Å²) in [6.45, 7) is 0. The zero-order chi connectivity index (χ0) is 37.7. The fraction of sp³-hybridized carbons (Fsp3) is 0.0189. The van der Waals surface area contributed by atoms with Crippen molar-refractivity contribution >= 4 is 58.5 Å². The van der Waals surface area contributed by atoms with Crippen LogP contribution in [0.3, 0.4) is 0 Å². The van der Waals surface area contributed by atoms with E-state index in [-0.39, 0.29) is 5.41 Å². The maximum atomic E-state index is 6.33. The third kappa shape index (κ3) is 4.59. The van der Waals surface area contributed by atoms with Gasteiger partial charge in [-0.05, 0) is 73.8 Å². The van der Waals surface area contributed by atoms with Gasteiger partial charge in [0.25, 0.3) is 0 Å². The normalized spacial score (nSPS) is 15.0. The molecule has 0 amide bonds. The number of benzene rings is 8. The number of rotatable bonds is 4. The van der Waals surface area contributed by atoms with E-state index in [0.29, 0.717) is 5.84 Å². The number of furan rings is 1. The average Bonchev–Trinajstić information content (AvgIpc) is 3.91. The number of hydrogen-bond donors (Lipinski definition) is 0. The number of amidine groups is 1. The minimum Gasteiger partial charge on any atom is -0.456 e. The number of fused-ring (bicyclic) bond motifs is 13. The van der Waals surface area contributed by atoms with Crippen LogP contribution >= 0.6 is 18.9 Å². The summed E-state index contributed by atoms with van der Waals surface area (Å²) in [6.07, 6.45) is 0. The van der Waals surface area contributed by atoms with Gasteiger partial charge < -0.3 is 4.42 Å². The van der Waals surface area contributed by atoms with Crippen LogP contribution < -0.4 is 0 Å². The highest BCUT2D eigenvalue weighted by Crippen LogP contribution is 2.63. The summed E-state index contributed by atoms with van der Waals surface area (Å²) in [5, 5.41) is 2.09. The molecule has 2 aliphatic carbocycles. The van der Waals surface area contributed by atoms with Gasteiger partial charge in [0.05, 0.1) is 5.41 Å². The van der Waals surface area contributed by atoms with Crippen LogP contribution in [0.2, 0.25) is 0 Å². The maximum absolute atomic E-state index is 6.33. The zero-order valence-electron chi connectivity index (χ0n) is 30.8. The van der Waals surface area contributed by atoms with Gasteiger partial charge in [0.15, 0.2) is 5.84 Å². The van der Waals surface area contributed by atoms with Gasteiger partial charge in [0, 0.05) is 27.5 Å². The largest absolute Gasteiger partial charge is 0.456 e. The van der Waals surface area contributed by atoms with Gasteiger partial charge in [-0.25, -0.2) is 9.98 Å². The monoisotopic (exact) mass is 840 g/mol. The van der Waals surface area contributed by atoms with E-state index in [9.17, 15) is 0 Å². The maximum Gasteiger partial charge on any atom is 0.162 e. The summed E-state index contributed by atoms with van der Waals surface area (Å²) in [5.41, 5.74) is 17.4.